The van der Waals surface area contributed by atoms with Crippen LogP contribution in [0.5, 0.6) is 11.5 Å². The average Bonchev–Trinajstić information content (AvgIpc) is 3.60. The number of rotatable bonds is 6. The fourth-order valence-electron chi connectivity index (χ4n) is 6.14. The van der Waals surface area contributed by atoms with Crippen LogP contribution in [0.4, 0.5) is 15.9 Å². The number of anilines is 2. The van der Waals surface area contributed by atoms with E-state index in [1.807, 2.05) is 17.0 Å². The van der Waals surface area contributed by atoms with E-state index < -0.39 is 5.82 Å². The molecule has 5 aromatic rings. The Morgan fingerprint density at radius 2 is 2.05 bits per heavy atom. The summed E-state index contributed by atoms with van der Waals surface area (Å²) in [5.41, 5.74) is 3.41. The van der Waals surface area contributed by atoms with E-state index in [1.165, 1.54) is 18.7 Å². The summed E-state index contributed by atoms with van der Waals surface area (Å²) in [6.07, 6.45) is 8.87. The van der Waals surface area contributed by atoms with Gasteiger partial charge in [-0.15, -0.1) is 0 Å². The van der Waals surface area contributed by atoms with Crippen LogP contribution in [0.2, 0.25) is 0 Å². The molecule has 7 rings (SSSR count). The molecule has 206 valence electrons. The van der Waals surface area contributed by atoms with Crippen LogP contribution < -0.4 is 10.1 Å². The first kappa shape index (κ1) is 25.1. The molecule has 0 unspecified atom stereocenters. The number of carbonyl (C=O) groups is 1. The number of carbonyl (C=O) groups excluding carboxylic acids is 1. The van der Waals surface area contributed by atoms with Gasteiger partial charge in [0.05, 0.1) is 11.2 Å². The third kappa shape index (κ3) is 4.43. The van der Waals surface area contributed by atoms with Crippen molar-refractivity contribution in [2.45, 2.75) is 38.1 Å². The first-order valence-corrected chi connectivity index (χ1v) is 13.6. The second-order valence-electron chi connectivity index (χ2n) is 10.6. The van der Waals surface area contributed by atoms with Gasteiger partial charge in [-0.3, -0.25) is 4.79 Å². The van der Waals surface area contributed by atoms with Crippen LogP contribution in [0.1, 0.15) is 36.4 Å². The Labute approximate surface area is 234 Å². The quantitative estimate of drug-likeness (QED) is 0.283. The highest BCUT2D eigenvalue weighted by molar-refractivity contribution is 5.88. The molecule has 1 aromatic carbocycles. The van der Waals surface area contributed by atoms with Crippen LogP contribution in [0.3, 0.4) is 0 Å². The monoisotopic (exact) mass is 550 g/mol. The van der Waals surface area contributed by atoms with Crippen molar-refractivity contribution in [2.75, 3.05) is 11.9 Å². The number of likely N-dealkylation sites (tertiary alicyclic amines) is 1. The Morgan fingerprint density at radius 1 is 1.15 bits per heavy atom. The van der Waals surface area contributed by atoms with E-state index in [1.54, 1.807) is 41.9 Å². The van der Waals surface area contributed by atoms with E-state index in [0.717, 1.165) is 25.0 Å². The lowest BCUT2D eigenvalue weighted by molar-refractivity contribution is -0.126. The number of aromatic nitrogens is 6. The lowest BCUT2D eigenvalue weighted by Crippen LogP contribution is -2.33. The van der Waals surface area contributed by atoms with E-state index in [-0.39, 0.29) is 23.6 Å². The number of fused-ring (bicyclic) bond motifs is 4. The first-order valence-electron chi connectivity index (χ1n) is 13.6. The van der Waals surface area contributed by atoms with Crippen LogP contribution in [-0.4, -0.2) is 52.9 Å². The molecule has 11 heteroatoms. The van der Waals surface area contributed by atoms with Crippen LogP contribution in [0.15, 0.2) is 67.9 Å². The smallest absolute Gasteiger partial charge is 0.246 e. The van der Waals surface area contributed by atoms with Crippen molar-refractivity contribution in [3.05, 3.63) is 85.0 Å². The molecular weight excluding hydrogens is 523 g/mol. The predicted octanol–water partition coefficient (Wildman–Crippen LogP) is 5.33. The van der Waals surface area contributed by atoms with Crippen LogP contribution in [-0.2, 0) is 4.79 Å². The van der Waals surface area contributed by atoms with Gasteiger partial charge in [0.2, 0.25) is 5.91 Å². The van der Waals surface area contributed by atoms with Gasteiger partial charge >= 0.3 is 0 Å². The van der Waals surface area contributed by atoms with Crippen molar-refractivity contribution >= 4 is 34.1 Å². The molecule has 41 heavy (non-hydrogen) atoms. The molecule has 5 heterocycles. The Kier molecular flexibility index (Phi) is 6.06. The van der Waals surface area contributed by atoms with Gasteiger partial charge < -0.3 is 15.0 Å². The summed E-state index contributed by atoms with van der Waals surface area (Å²) < 4.78 is 23.2. The summed E-state index contributed by atoms with van der Waals surface area (Å²) in [4.78, 5) is 32.2. The molecule has 2 aliphatic rings. The maximum absolute atomic E-state index is 15.6. The Bertz CT molecular complexity index is 1820. The van der Waals surface area contributed by atoms with Crippen molar-refractivity contribution in [2.24, 2.45) is 5.92 Å². The number of nitrogens with one attached hydrogen (secondary N) is 1. The number of hydrogen-bond acceptors (Lipinski definition) is 8. The lowest BCUT2D eigenvalue weighted by atomic mass is 9.78. The SMILES string of the molecule is C=CC(=O)N1C[C@@H]2C[C@H]1CC[C@@H]2c1ccc2ncnc(Nc3ccc(Oc4ccn5ncnc5c4)c(C)c3F)c2n1. The maximum atomic E-state index is 15.6. The van der Waals surface area contributed by atoms with Crippen molar-refractivity contribution in [1.29, 1.82) is 0 Å². The van der Waals surface area contributed by atoms with Gasteiger partial charge in [0.15, 0.2) is 17.3 Å². The van der Waals surface area contributed by atoms with Gasteiger partial charge in [0.1, 0.15) is 29.7 Å². The molecule has 1 amide bonds. The van der Waals surface area contributed by atoms with Crippen molar-refractivity contribution in [3.63, 3.8) is 0 Å². The zero-order valence-corrected chi connectivity index (χ0v) is 22.4. The topological polar surface area (TPSA) is 110 Å². The summed E-state index contributed by atoms with van der Waals surface area (Å²) >= 11 is 0. The number of hydrogen-bond donors (Lipinski definition) is 1. The molecule has 2 bridgehead atoms. The summed E-state index contributed by atoms with van der Waals surface area (Å²) in [6.45, 7) is 6.03. The molecular formula is C30H27FN8O2. The zero-order valence-electron chi connectivity index (χ0n) is 22.4. The van der Waals surface area contributed by atoms with Crippen molar-refractivity contribution in [1.82, 2.24) is 34.4 Å². The van der Waals surface area contributed by atoms with Crippen LogP contribution >= 0.6 is 0 Å². The minimum Gasteiger partial charge on any atom is -0.457 e. The summed E-state index contributed by atoms with van der Waals surface area (Å²) in [6, 6.07) is 11.0. The van der Waals surface area contributed by atoms with E-state index in [4.69, 9.17) is 9.72 Å². The Morgan fingerprint density at radius 3 is 2.93 bits per heavy atom. The van der Waals surface area contributed by atoms with E-state index >= 15 is 4.39 Å². The first-order chi connectivity index (χ1) is 20.0. The standard InChI is InChI=1S/C30H27FN8O2/c1-3-27(40)38-14-18-12-19(38)4-5-21(18)22-6-7-24-29(36-22)30(34-15-32-24)37-23-8-9-25(17(2)28(23)31)41-20-10-11-39-26(13-20)33-16-35-39/h3,6-11,13,15-16,18-19,21H,1,4-5,12,14H2,2H3,(H,32,34,37)/t18-,19+,21-/m0/s1. The number of nitrogens with zero attached hydrogens (tertiary/aromatic N) is 7. The second-order valence-corrected chi connectivity index (χ2v) is 10.6. The van der Waals surface area contributed by atoms with Crippen LogP contribution in [0, 0.1) is 18.7 Å². The maximum Gasteiger partial charge on any atom is 0.246 e. The molecule has 1 aliphatic carbocycles. The van der Waals surface area contributed by atoms with Crippen molar-refractivity contribution < 1.29 is 13.9 Å². The molecule has 3 atom stereocenters. The lowest BCUT2D eigenvalue weighted by Gasteiger charge is -2.28. The van der Waals surface area contributed by atoms with Gasteiger partial charge in [-0.2, -0.15) is 5.10 Å². The van der Waals surface area contributed by atoms with Crippen LogP contribution in [0.25, 0.3) is 16.7 Å². The Balaban J connectivity index is 1.15. The Hall–Kier alpha value is -4.93. The summed E-state index contributed by atoms with van der Waals surface area (Å²) in [7, 11) is 0. The van der Waals surface area contributed by atoms with E-state index in [0.29, 0.717) is 52.0 Å². The molecule has 1 N–H and O–H groups in total. The fourth-order valence-corrected chi connectivity index (χ4v) is 6.14. The molecule has 0 radical (unpaired) electrons. The van der Waals surface area contributed by atoms with E-state index in [9.17, 15) is 4.79 Å². The number of benzene rings is 1. The van der Waals surface area contributed by atoms with Gasteiger partial charge in [-0.05, 0) is 68.5 Å². The highest BCUT2D eigenvalue weighted by Gasteiger charge is 2.43. The van der Waals surface area contributed by atoms with Crippen molar-refractivity contribution in [3.8, 4) is 11.5 Å². The molecule has 4 aromatic heterocycles. The highest BCUT2D eigenvalue weighted by atomic mass is 19.1. The minimum absolute atomic E-state index is 0.00497. The number of amides is 1. The number of halogens is 1. The van der Waals surface area contributed by atoms with Gasteiger partial charge in [0, 0.05) is 42.0 Å². The molecule has 1 saturated heterocycles. The second kappa shape index (κ2) is 9.92. The van der Waals surface area contributed by atoms with E-state index in [2.05, 4.69) is 31.9 Å². The molecule has 1 aliphatic heterocycles. The molecule has 0 spiro atoms. The summed E-state index contributed by atoms with van der Waals surface area (Å²) in [5.74, 6) is 1.44. The van der Waals surface area contributed by atoms with Gasteiger partial charge in [-0.25, -0.2) is 28.8 Å². The summed E-state index contributed by atoms with van der Waals surface area (Å²) in [5, 5.41) is 7.21. The third-order valence-electron chi connectivity index (χ3n) is 8.24. The third-order valence-corrected chi connectivity index (χ3v) is 8.24. The molecule has 2 fully saturated rings. The number of pyridine rings is 2. The largest absolute Gasteiger partial charge is 0.457 e. The minimum atomic E-state index is -0.453. The van der Waals surface area contributed by atoms with Gasteiger partial charge in [-0.1, -0.05) is 6.58 Å². The highest BCUT2D eigenvalue weighted by Crippen LogP contribution is 2.44. The predicted molar refractivity (Wildman–Crippen MR) is 151 cm³/mol. The average molecular weight is 551 g/mol. The molecule has 10 nitrogen and oxygen atoms in total. The zero-order chi connectivity index (χ0) is 28.1. The fraction of sp³-hybridized carbons (Fsp3) is 0.267. The normalized spacial score (nSPS) is 20.0. The number of ether oxygens (including phenoxy) is 1. The molecule has 1 saturated carbocycles. The van der Waals surface area contributed by atoms with Gasteiger partial charge in [0.25, 0.3) is 0 Å².